The van der Waals surface area contributed by atoms with Gasteiger partial charge in [0, 0.05) is 23.9 Å². The summed E-state index contributed by atoms with van der Waals surface area (Å²) in [4.78, 5) is 12.1. The molecule has 0 aliphatic carbocycles. The molecular weight excluding hydrogens is 296 g/mol. The molecule has 2 N–H and O–H groups in total. The van der Waals surface area contributed by atoms with Crippen LogP contribution in [0, 0.1) is 0 Å². The van der Waals surface area contributed by atoms with E-state index < -0.39 is 0 Å². The summed E-state index contributed by atoms with van der Waals surface area (Å²) in [5.41, 5.74) is 2.92. The summed E-state index contributed by atoms with van der Waals surface area (Å²) in [6, 6.07) is 7.53. The van der Waals surface area contributed by atoms with Crippen LogP contribution in [-0.2, 0) is 17.8 Å². The minimum absolute atomic E-state index is 0.172. The molecule has 118 valence electrons. The maximum atomic E-state index is 12.1. The first-order valence-corrected chi connectivity index (χ1v) is 7.48. The standard InChI is InChI=1S/C17H16N2O4/c20-17(19-9-12-2-1-5-21-12)8-14-13-7-16-15(22-10-23-16)6-11(13)3-4-18-14/h1-2,5-8,18H,3-4,9-10H2,(H,19,20)/b14-8-. The van der Waals surface area contributed by atoms with E-state index in [2.05, 4.69) is 10.6 Å². The van der Waals surface area contributed by atoms with Crippen molar-refractivity contribution in [3.05, 3.63) is 53.5 Å². The Kier molecular flexibility index (Phi) is 3.42. The average molecular weight is 312 g/mol. The number of fused-ring (bicyclic) bond motifs is 2. The third-order valence-electron chi connectivity index (χ3n) is 3.89. The molecule has 0 atom stereocenters. The van der Waals surface area contributed by atoms with Crippen molar-refractivity contribution in [1.29, 1.82) is 0 Å². The molecule has 6 heteroatoms. The van der Waals surface area contributed by atoms with E-state index in [1.807, 2.05) is 18.2 Å². The number of nitrogens with one attached hydrogen (secondary N) is 2. The van der Waals surface area contributed by atoms with Crippen LogP contribution in [0.25, 0.3) is 5.70 Å². The Balaban J connectivity index is 1.54. The van der Waals surface area contributed by atoms with Gasteiger partial charge >= 0.3 is 0 Å². The van der Waals surface area contributed by atoms with Crippen molar-refractivity contribution in [1.82, 2.24) is 10.6 Å². The number of amides is 1. The Morgan fingerprint density at radius 3 is 3.00 bits per heavy atom. The maximum Gasteiger partial charge on any atom is 0.246 e. The third kappa shape index (κ3) is 2.75. The van der Waals surface area contributed by atoms with Crippen molar-refractivity contribution < 1.29 is 18.7 Å². The molecule has 0 fully saturated rings. The van der Waals surface area contributed by atoms with Crippen molar-refractivity contribution in [3.8, 4) is 11.5 Å². The lowest BCUT2D eigenvalue weighted by Crippen LogP contribution is -2.26. The lowest BCUT2D eigenvalue weighted by atomic mass is 9.97. The predicted octanol–water partition coefficient (Wildman–Crippen LogP) is 1.81. The highest BCUT2D eigenvalue weighted by atomic mass is 16.7. The molecule has 1 amide bonds. The minimum atomic E-state index is -0.172. The molecule has 0 saturated carbocycles. The Bertz CT molecular complexity index is 765. The van der Waals surface area contributed by atoms with Gasteiger partial charge in [-0.05, 0) is 36.2 Å². The number of benzene rings is 1. The van der Waals surface area contributed by atoms with Gasteiger partial charge in [-0.15, -0.1) is 0 Å². The number of rotatable bonds is 3. The first kappa shape index (κ1) is 13.8. The van der Waals surface area contributed by atoms with E-state index in [0.29, 0.717) is 12.3 Å². The normalized spacial score (nSPS) is 16.8. The van der Waals surface area contributed by atoms with Crippen LogP contribution < -0.4 is 20.1 Å². The van der Waals surface area contributed by atoms with E-state index in [9.17, 15) is 4.79 Å². The summed E-state index contributed by atoms with van der Waals surface area (Å²) in [6.07, 6.45) is 4.04. The second kappa shape index (κ2) is 5.72. The van der Waals surface area contributed by atoms with Crippen molar-refractivity contribution in [2.75, 3.05) is 13.3 Å². The van der Waals surface area contributed by atoms with E-state index in [1.54, 1.807) is 18.4 Å². The fraction of sp³-hybridized carbons (Fsp3) is 0.235. The van der Waals surface area contributed by atoms with E-state index >= 15 is 0 Å². The van der Waals surface area contributed by atoms with E-state index in [1.165, 1.54) is 0 Å². The van der Waals surface area contributed by atoms with Crippen LogP contribution in [0.2, 0.25) is 0 Å². The molecule has 0 saturated heterocycles. The molecule has 6 nitrogen and oxygen atoms in total. The largest absolute Gasteiger partial charge is 0.467 e. The van der Waals surface area contributed by atoms with Gasteiger partial charge in [0.1, 0.15) is 5.76 Å². The summed E-state index contributed by atoms with van der Waals surface area (Å²) in [5.74, 6) is 2.04. The minimum Gasteiger partial charge on any atom is -0.467 e. The SMILES string of the molecule is O=C(/C=C1\NCCc2cc3c(cc21)OCO3)NCc1ccco1. The molecule has 1 aromatic heterocycles. The van der Waals surface area contributed by atoms with Crippen molar-refractivity contribution in [2.24, 2.45) is 0 Å². The summed E-state index contributed by atoms with van der Waals surface area (Å²) in [5, 5.41) is 6.08. The lowest BCUT2D eigenvalue weighted by molar-refractivity contribution is -0.116. The van der Waals surface area contributed by atoms with Crippen molar-refractivity contribution in [3.63, 3.8) is 0 Å². The number of furan rings is 1. The fourth-order valence-corrected chi connectivity index (χ4v) is 2.77. The van der Waals surface area contributed by atoms with Gasteiger partial charge < -0.3 is 24.5 Å². The van der Waals surface area contributed by atoms with E-state index in [-0.39, 0.29) is 12.7 Å². The van der Waals surface area contributed by atoms with Gasteiger partial charge in [-0.2, -0.15) is 0 Å². The van der Waals surface area contributed by atoms with Gasteiger partial charge in [-0.3, -0.25) is 4.79 Å². The molecule has 0 spiro atoms. The zero-order chi connectivity index (χ0) is 15.6. The number of hydrogen-bond donors (Lipinski definition) is 2. The zero-order valence-corrected chi connectivity index (χ0v) is 12.4. The fourth-order valence-electron chi connectivity index (χ4n) is 2.77. The van der Waals surface area contributed by atoms with Crippen molar-refractivity contribution in [2.45, 2.75) is 13.0 Å². The first-order valence-electron chi connectivity index (χ1n) is 7.48. The summed E-state index contributed by atoms with van der Waals surface area (Å²) < 4.78 is 16.0. The summed E-state index contributed by atoms with van der Waals surface area (Å²) in [6.45, 7) is 1.39. The molecule has 23 heavy (non-hydrogen) atoms. The third-order valence-corrected chi connectivity index (χ3v) is 3.89. The number of ether oxygens (including phenoxy) is 2. The van der Waals surface area contributed by atoms with Gasteiger partial charge in [0.05, 0.1) is 12.8 Å². The Labute approximate surface area is 133 Å². The van der Waals surface area contributed by atoms with Gasteiger partial charge in [0.15, 0.2) is 11.5 Å². The second-order valence-corrected chi connectivity index (χ2v) is 5.39. The quantitative estimate of drug-likeness (QED) is 0.846. The van der Waals surface area contributed by atoms with E-state index in [4.69, 9.17) is 13.9 Å². The van der Waals surface area contributed by atoms with E-state index in [0.717, 1.165) is 41.3 Å². The number of carbonyl (C=O) groups excluding carboxylic acids is 1. The zero-order valence-electron chi connectivity index (χ0n) is 12.4. The van der Waals surface area contributed by atoms with Gasteiger partial charge in [-0.25, -0.2) is 0 Å². The Morgan fingerprint density at radius 1 is 1.30 bits per heavy atom. The van der Waals surface area contributed by atoms with Gasteiger partial charge in [0.25, 0.3) is 0 Å². The monoisotopic (exact) mass is 312 g/mol. The molecule has 0 bridgehead atoms. The van der Waals surface area contributed by atoms with Crippen LogP contribution in [-0.4, -0.2) is 19.2 Å². The first-order chi connectivity index (χ1) is 11.3. The van der Waals surface area contributed by atoms with Crippen LogP contribution in [0.5, 0.6) is 11.5 Å². The molecule has 2 aromatic rings. The highest BCUT2D eigenvalue weighted by Gasteiger charge is 2.21. The second-order valence-electron chi connectivity index (χ2n) is 5.39. The maximum absolute atomic E-state index is 12.1. The van der Waals surface area contributed by atoms with Crippen LogP contribution in [0.1, 0.15) is 16.9 Å². The molecule has 3 heterocycles. The number of hydrogen-bond acceptors (Lipinski definition) is 5. The van der Waals surface area contributed by atoms with Crippen LogP contribution in [0.4, 0.5) is 0 Å². The van der Waals surface area contributed by atoms with Crippen LogP contribution in [0.15, 0.2) is 41.0 Å². The summed E-state index contributed by atoms with van der Waals surface area (Å²) >= 11 is 0. The van der Waals surface area contributed by atoms with Gasteiger partial charge in [-0.1, -0.05) is 0 Å². The average Bonchev–Trinajstić information content (AvgIpc) is 3.22. The predicted molar refractivity (Wildman–Crippen MR) is 82.8 cm³/mol. The smallest absolute Gasteiger partial charge is 0.246 e. The van der Waals surface area contributed by atoms with Crippen LogP contribution >= 0.6 is 0 Å². The number of carbonyl (C=O) groups is 1. The molecular formula is C17H16N2O4. The lowest BCUT2D eigenvalue weighted by Gasteiger charge is -2.21. The Morgan fingerprint density at radius 2 is 2.17 bits per heavy atom. The molecule has 1 aromatic carbocycles. The highest BCUT2D eigenvalue weighted by Crippen LogP contribution is 2.37. The summed E-state index contributed by atoms with van der Waals surface area (Å²) in [7, 11) is 0. The topological polar surface area (TPSA) is 72.7 Å². The molecule has 2 aliphatic heterocycles. The Hall–Kier alpha value is -2.89. The molecule has 0 unspecified atom stereocenters. The molecule has 2 aliphatic rings. The molecule has 0 radical (unpaired) electrons. The highest BCUT2D eigenvalue weighted by molar-refractivity contribution is 5.95. The van der Waals surface area contributed by atoms with Crippen LogP contribution in [0.3, 0.4) is 0 Å². The molecule has 4 rings (SSSR count). The van der Waals surface area contributed by atoms with Crippen molar-refractivity contribution >= 4 is 11.6 Å². The van der Waals surface area contributed by atoms with Gasteiger partial charge in [0.2, 0.25) is 12.7 Å².